The van der Waals surface area contributed by atoms with E-state index in [1.54, 1.807) is 4.90 Å². The molecule has 1 fully saturated rings. The number of hydrogen-bond acceptors (Lipinski definition) is 6. The highest BCUT2D eigenvalue weighted by molar-refractivity contribution is 5.74. The Morgan fingerprint density at radius 3 is 3.06 bits per heavy atom. The molecule has 1 aromatic heterocycles. The van der Waals surface area contributed by atoms with E-state index in [2.05, 4.69) is 10.1 Å². The minimum atomic E-state index is -0.927. The maximum absolute atomic E-state index is 11.0. The average Bonchev–Trinajstić information content (AvgIpc) is 2.87. The van der Waals surface area contributed by atoms with E-state index in [9.17, 15) is 9.90 Å². The summed E-state index contributed by atoms with van der Waals surface area (Å²) in [5.74, 6) is 0.113. The van der Waals surface area contributed by atoms with Gasteiger partial charge < -0.3 is 14.7 Å². The number of aliphatic carboxylic acids is 1. The molecule has 1 aliphatic rings. The van der Waals surface area contributed by atoms with Crippen molar-refractivity contribution in [1.82, 2.24) is 15.0 Å². The molecule has 0 radical (unpaired) electrons. The molecule has 100 valence electrons. The summed E-state index contributed by atoms with van der Waals surface area (Å²) >= 11 is 0. The summed E-state index contributed by atoms with van der Waals surface area (Å²) in [5, 5.41) is 22.4. The van der Waals surface area contributed by atoms with Crippen molar-refractivity contribution in [2.75, 3.05) is 6.54 Å². The molecule has 0 aliphatic carbocycles. The lowest BCUT2D eigenvalue weighted by molar-refractivity contribution is -0.142. The van der Waals surface area contributed by atoms with Crippen LogP contribution < -0.4 is 0 Å². The van der Waals surface area contributed by atoms with E-state index in [4.69, 9.17) is 9.63 Å². The van der Waals surface area contributed by atoms with Crippen LogP contribution in [0.5, 0.6) is 0 Å². The van der Waals surface area contributed by atoms with Crippen molar-refractivity contribution in [2.45, 2.75) is 44.9 Å². The van der Waals surface area contributed by atoms with Crippen LogP contribution in [-0.4, -0.2) is 49.9 Å². The lowest BCUT2D eigenvalue weighted by atomic mass is 10.2. The lowest BCUT2D eigenvalue weighted by Crippen LogP contribution is -2.35. The number of aliphatic hydroxyl groups excluding tert-OH is 1. The summed E-state index contributed by atoms with van der Waals surface area (Å²) in [6.45, 7) is 2.64. The van der Waals surface area contributed by atoms with Crippen LogP contribution >= 0.6 is 0 Å². The van der Waals surface area contributed by atoms with Gasteiger partial charge in [0.2, 0.25) is 5.89 Å². The van der Waals surface area contributed by atoms with Crippen molar-refractivity contribution in [3.63, 3.8) is 0 Å². The second-order valence-electron chi connectivity index (χ2n) is 4.53. The van der Waals surface area contributed by atoms with Crippen molar-refractivity contribution in [3.8, 4) is 0 Å². The van der Waals surface area contributed by atoms with Gasteiger partial charge in [0.05, 0.1) is 12.6 Å². The Bertz CT molecular complexity index is 420. The van der Waals surface area contributed by atoms with Crippen LogP contribution in [0.25, 0.3) is 0 Å². The molecule has 2 rings (SSSR count). The second kappa shape index (κ2) is 5.45. The fourth-order valence-corrected chi connectivity index (χ4v) is 2.16. The topological polar surface area (TPSA) is 99.7 Å². The van der Waals surface area contributed by atoms with Crippen LogP contribution in [0.3, 0.4) is 0 Å². The number of nitrogens with zero attached hydrogens (tertiary/aromatic N) is 3. The van der Waals surface area contributed by atoms with Crippen molar-refractivity contribution >= 4 is 5.97 Å². The third-order valence-electron chi connectivity index (χ3n) is 2.98. The highest BCUT2D eigenvalue weighted by atomic mass is 16.5. The third kappa shape index (κ3) is 2.85. The fraction of sp³-hybridized carbons (Fsp3) is 0.727. The number of carboxylic acid groups (broad SMARTS) is 1. The minimum absolute atomic E-state index is 0.245. The summed E-state index contributed by atoms with van der Waals surface area (Å²) in [5.41, 5.74) is 0. The van der Waals surface area contributed by atoms with Crippen molar-refractivity contribution in [2.24, 2.45) is 0 Å². The number of carboxylic acids is 1. The molecule has 0 aromatic carbocycles. The largest absolute Gasteiger partial charge is 0.480 e. The summed E-state index contributed by atoms with van der Waals surface area (Å²) in [6.07, 6.45) is 1.28. The Kier molecular flexibility index (Phi) is 3.93. The predicted molar refractivity (Wildman–Crippen MR) is 60.8 cm³/mol. The monoisotopic (exact) mass is 255 g/mol. The molecule has 1 aliphatic heterocycles. The quantitative estimate of drug-likeness (QED) is 0.766. The van der Waals surface area contributed by atoms with E-state index in [1.165, 1.54) is 0 Å². The Morgan fingerprint density at radius 1 is 1.61 bits per heavy atom. The first kappa shape index (κ1) is 13.0. The van der Waals surface area contributed by atoms with Gasteiger partial charge in [-0.25, -0.2) is 0 Å². The molecular weight excluding hydrogens is 238 g/mol. The zero-order valence-corrected chi connectivity index (χ0v) is 10.2. The Labute approximate surface area is 104 Å². The number of likely N-dealkylation sites (tertiary alicyclic amines) is 1. The lowest BCUT2D eigenvalue weighted by Gasteiger charge is -2.18. The number of aryl methyl sites for hydroxylation is 1. The first-order chi connectivity index (χ1) is 8.60. The first-order valence-corrected chi connectivity index (χ1v) is 6.06. The molecule has 0 bridgehead atoms. The van der Waals surface area contributed by atoms with Crippen LogP contribution in [0.1, 0.15) is 31.5 Å². The molecule has 7 nitrogen and oxygen atoms in total. The second-order valence-corrected chi connectivity index (χ2v) is 4.53. The number of hydrogen-bond donors (Lipinski definition) is 2. The van der Waals surface area contributed by atoms with Crippen LogP contribution in [0.4, 0.5) is 0 Å². The highest BCUT2D eigenvalue weighted by Crippen LogP contribution is 2.20. The van der Waals surface area contributed by atoms with E-state index >= 15 is 0 Å². The summed E-state index contributed by atoms with van der Waals surface area (Å²) in [7, 11) is 0. The number of rotatable bonds is 5. The van der Waals surface area contributed by atoms with E-state index in [1.807, 2.05) is 6.92 Å². The molecule has 2 unspecified atom stereocenters. The predicted octanol–water partition coefficient (Wildman–Crippen LogP) is 0.0419. The molecular formula is C11H17N3O4. The Hall–Kier alpha value is -1.47. The summed E-state index contributed by atoms with van der Waals surface area (Å²) in [6, 6.07) is -0.673. The number of β-amino-alcohol motifs (C(OH)–C–C–N with tert-alkyl or cyclic N) is 1. The molecule has 1 aromatic rings. The van der Waals surface area contributed by atoms with E-state index in [-0.39, 0.29) is 6.42 Å². The fourth-order valence-electron chi connectivity index (χ4n) is 2.16. The highest BCUT2D eigenvalue weighted by Gasteiger charge is 2.36. The summed E-state index contributed by atoms with van der Waals surface area (Å²) < 4.78 is 5.04. The third-order valence-corrected chi connectivity index (χ3v) is 2.98. The van der Waals surface area contributed by atoms with Gasteiger partial charge in [-0.1, -0.05) is 12.1 Å². The van der Waals surface area contributed by atoms with Crippen molar-refractivity contribution in [1.29, 1.82) is 0 Å². The van der Waals surface area contributed by atoms with Gasteiger partial charge in [-0.15, -0.1) is 0 Å². The van der Waals surface area contributed by atoms with Crippen LogP contribution in [0, 0.1) is 0 Å². The van der Waals surface area contributed by atoms with E-state index < -0.39 is 18.1 Å². The zero-order valence-electron chi connectivity index (χ0n) is 10.2. The smallest absolute Gasteiger partial charge is 0.321 e. The number of aromatic nitrogens is 2. The van der Waals surface area contributed by atoms with Gasteiger partial charge in [-0.3, -0.25) is 9.69 Å². The molecule has 7 heteroatoms. The number of aliphatic hydroxyl groups is 1. The molecule has 0 amide bonds. The van der Waals surface area contributed by atoms with Gasteiger partial charge in [0.15, 0.2) is 5.82 Å². The Morgan fingerprint density at radius 2 is 2.39 bits per heavy atom. The van der Waals surface area contributed by atoms with Crippen LogP contribution in [0.15, 0.2) is 4.52 Å². The van der Waals surface area contributed by atoms with Gasteiger partial charge in [-0.05, 0) is 6.42 Å². The molecule has 1 saturated heterocycles. The molecule has 0 spiro atoms. The molecule has 18 heavy (non-hydrogen) atoms. The van der Waals surface area contributed by atoms with Gasteiger partial charge in [0.1, 0.15) is 6.04 Å². The van der Waals surface area contributed by atoms with Gasteiger partial charge >= 0.3 is 5.97 Å². The number of carbonyl (C=O) groups is 1. The normalized spacial score (nSPS) is 24.6. The van der Waals surface area contributed by atoms with Gasteiger partial charge in [-0.2, -0.15) is 4.98 Å². The first-order valence-electron chi connectivity index (χ1n) is 6.06. The van der Waals surface area contributed by atoms with Crippen LogP contribution in [-0.2, 0) is 17.8 Å². The Balaban J connectivity index is 2.00. The van der Waals surface area contributed by atoms with E-state index in [0.717, 1.165) is 12.8 Å². The SMILES string of the molecule is CCCc1nc(CN2CC(O)CC2C(=O)O)no1. The van der Waals surface area contributed by atoms with Crippen molar-refractivity contribution in [3.05, 3.63) is 11.7 Å². The average molecular weight is 255 g/mol. The van der Waals surface area contributed by atoms with Gasteiger partial charge in [0, 0.05) is 19.4 Å². The zero-order chi connectivity index (χ0) is 13.1. The molecule has 0 saturated carbocycles. The van der Waals surface area contributed by atoms with E-state index in [0.29, 0.717) is 24.8 Å². The van der Waals surface area contributed by atoms with Crippen molar-refractivity contribution < 1.29 is 19.5 Å². The summed E-state index contributed by atoms with van der Waals surface area (Å²) in [4.78, 5) is 16.9. The maximum Gasteiger partial charge on any atom is 0.321 e. The van der Waals surface area contributed by atoms with Crippen LogP contribution in [0.2, 0.25) is 0 Å². The van der Waals surface area contributed by atoms with Gasteiger partial charge in [0.25, 0.3) is 0 Å². The molecule has 2 heterocycles. The standard InChI is InChI=1S/C11H17N3O4/c1-2-3-10-12-9(13-18-10)6-14-5-7(15)4-8(14)11(16)17/h7-8,15H,2-6H2,1H3,(H,16,17). The maximum atomic E-state index is 11.0. The molecule has 2 N–H and O–H groups in total. The molecule has 2 atom stereocenters. The minimum Gasteiger partial charge on any atom is -0.480 e.